The van der Waals surface area contributed by atoms with Gasteiger partial charge in [-0.2, -0.15) is 0 Å². The number of nitrogens with zero attached hydrogens (tertiary/aromatic N) is 2. The molecule has 1 aliphatic heterocycles. The molecule has 6 nitrogen and oxygen atoms in total. The molecule has 23 heavy (non-hydrogen) atoms. The third-order valence-corrected chi connectivity index (χ3v) is 4.15. The maximum Gasteiger partial charge on any atom is 0.280 e. The minimum atomic E-state index is -0.422. The summed E-state index contributed by atoms with van der Waals surface area (Å²) in [4.78, 5) is 41.9. The summed E-state index contributed by atoms with van der Waals surface area (Å²) in [6.45, 7) is 0.311. The van der Waals surface area contributed by atoms with Gasteiger partial charge in [0.25, 0.3) is 11.8 Å². The summed E-state index contributed by atoms with van der Waals surface area (Å²) >= 11 is 1.53. The van der Waals surface area contributed by atoms with Gasteiger partial charge in [-0.05, 0) is 29.7 Å². The number of rotatable bonds is 5. The number of amides is 3. The third kappa shape index (κ3) is 3.19. The molecule has 3 rings (SSSR count). The Hall–Kier alpha value is -2.80. The molecule has 0 bridgehead atoms. The zero-order valence-corrected chi connectivity index (χ0v) is 12.9. The number of carbonyl (C=O) groups excluding carboxylic acids is 3. The second-order valence-corrected chi connectivity index (χ2v) is 5.78. The van der Waals surface area contributed by atoms with Crippen molar-refractivity contribution in [2.75, 3.05) is 13.1 Å². The topological polar surface area (TPSA) is 79.4 Å². The van der Waals surface area contributed by atoms with E-state index in [9.17, 15) is 14.4 Å². The Bertz CT molecular complexity index is 749. The van der Waals surface area contributed by atoms with Gasteiger partial charge in [0.05, 0.1) is 5.56 Å². The maximum atomic E-state index is 12.1. The van der Waals surface area contributed by atoms with E-state index in [1.807, 2.05) is 17.5 Å². The Morgan fingerprint density at radius 1 is 1.26 bits per heavy atom. The van der Waals surface area contributed by atoms with E-state index in [-0.39, 0.29) is 30.6 Å². The number of fused-ring (bicyclic) bond motifs is 1. The van der Waals surface area contributed by atoms with Crippen LogP contribution < -0.4 is 5.32 Å². The highest BCUT2D eigenvalue weighted by atomic mass is 32.1. The molecule has 0 saturated carbocycles. The van der Waals surface area contributed by atoms with Gasteiger partial charge in [-0.15, -0.1) is 11.3 Å². The van der Waals surface area contributed by atoms with Gasteiger partial charge in [0.1, 0.15) is 5.69 Å². The Balaban J connectivity index is 1.53. The summed E-state index contributed by atoms with van der Waals surface area (Å²) in [6, 6.07) is 6.99. The molecule has 0 unspecified atom stereocenters. The summed E-state index contributed by atoms with van der Waals surface area (Å²) in [5, 5.41) is 4.58. The summed E-state index contributed by atoms with van der Waals surface area (Å²) < 4.78 is 0. The van der Waals surface area contributed by atoms with E-state index in [1.54, 1.807) is 18.2 Å². The zero-order valence-electron chi connectivity index (χ0n) is 12.1. The zero-order chi connectivity index (χ0) is 16.2. The average Bonchev–Trinajstić information content (AvgIpc) is 3.16. The Labute approximate surface area is 136 Å². The van der Waals surface area contributed by atoms with Gasteiger partial charge in [0.15, 0.2) is 0 Å². The number of hydrogen-bond donors (Lipinski definition) is 1. The lowest BCUT2D eigenvalue weighted by Gasteiger charge is -2.13. The Morgan fingerprint density at radius 2 is 2.13 bits per heavy atom. The monoisotopic (exact) mass is 327 g/mol. The van der Waals surface area contributed by atoms with Gasteiger partial charge in [0.2, 0.25) is 5.91 Å². The first-order valence-electron chi connectivity index (χ1n) is 6.97. The van der Waals surface area contributed by atoms with Crippen LogP contribution in [0.15, 0.2) is 41.9 Å². The lowest BCUT2D eigenvalue weighted by Crippen LogP contribution is -2.37. The van der Waals surface area contributed by atoms with E-state index in [4.69, 9.17) is 0 Å². The molecule has 0 aliphatic carbocycles. The van der Waals surface area contributed by atoms with E-state index >= 15 is 0 Å². The number of imide groups is 1. The molecule has 2 aromatic rings. The number of aromatic nitrogens is 1. The van der Waals surface area contributed by atoms with Crippen molar-refractivity contribution in [2.24, 2.45) is 0 Å². The minimum absolute atomic E-state index is 0.118. The second kappa shape index (κ2) is 6.53. The van der Waals surface area contributed by atoms with Gasteiger partial charge in [-0.1, -0.05) is 6.07 Å². The van der Waals surface area contributed by atoms with Crippen molar-refractivity contribution in [1.29, 1.82) is 0 Å². The van der Waals surface area contributed by atoms with E-state index in [0.717, 1.165) is 9.78 Å². The highest BCUT2D eigenvalue weighted by Gasteiger charge is 2.36. The molecule has 0 fully saturated rings. The van der Waals surface area contributed by atoms with E-state index < -0.39 is 5.91 Å². The van der Waals surface area contributed by atoms with Crippen molar-refractivity contribution in [3.05, 3.63) is 58.1 Å². The Morgan fingerprint density at radius 3 is 2.87 bits per heavy atom. The van der Waals surface area contributed by atoms with Gasteiger partial charge < -0.3 is 5.32 Å². The second-order valence-electron chi connectivity index (χ2n) is 4.80. The van der Waals surface area contributed by atoms with Crippen molar-refractivity contribution < 1.29 is 14.4 Å². The van der Waals surface area contributed by atoms with Gasteiger partial charge in [-0.3, -0.25) is 24.3 Å². The summed E-state index contributed by atoms with van der Waals surface area (Å²) in [7, 11) is 0. The smallest absolute Gasteiger partial charge is 0.280 e. The quantitative estimate of drug-likeness (QED) is 0.668. The molecule has 0 aromatic carbocycles. The number of nitrogens with one attached hydrogen (secondary N) is 1. The predicted octanol–water partition coefficient (Wildman–Crippen LogP) is 1.57. The molecular formula is C16H13N3O3S. The number of carbonyl (C=O) groups is 3. The molecule has 3 amide bonds. The molecule has 0 saturated heterocycles. The minimum Gasteiger partial charge on any atom is -0.351 e. The van der Waals surface area contributed by atoms with Crippen molar-refractivity contribution >= 4 is 35.1 Å². The van der Waals surface area contributed by atoms with Crippen LogP contribution in [0.25, 0.3) is 6.08 Å². The van der Waals surface area contributed by atoms with E-state index in [1.165, 1.54) is 23.6 Å². The molecule has 0 spiro atoms. The van der Waals surface area contributed by atoms with E-state index in [0.29, 0.717) is 5.56 Å². The van der Waals surface area contributed by atoms with Crippen molar-refractivity contribution in [3.8, 4) is 0 Å². The molecule has 0 radical (unpaired) electrons. The fourth-order valence-electron chi connectivity index (χ4n) is 2.21. The normalized spacial score (nSPS) is 13.7. The van der Waals surface area contributed by atoms with Crippen molar-refractivity contribution in [1.82, 2.24) is 15.2 Å². The first-order valence-corrected chi connectivity index (χ1v) is 7.85. The predicted molar refractivity (Wildman–Crippen MR) is 86.0 cm³/mol. The molecule has 0 atom stereocenters. The lowest BCUT2D eigenvalue weighted by molar-refractivity contribution is -0.116. The first kappa shape index (κ1) is 15.1. The van der Waals surface area contributed by atoms with Crippen LogP contribution >= 0.6 is 11.3 Å². The van der Waals surface area contributed by atoms with Crippen LogP contribution in [-0.2, 0) is 4.79 Å². The largest absolute Gasteiger partial charge is 0.351 e. The fraction of sp³-hybridized carbons (Fsp3) is 0.125. The molecule has 1 N–H and O–H groups in total. The van der Waals surface area contributed by atoms with Crippen LogP contribution in [0.2, 0.25) is 0 Å². The first-order chi connectivity index (χ1) is 11.2. The fourth-order valence-corrected chi connectivity index (χ4v) is 2.83. The molecular weight excluding hydrogens is 314 g/mol. The van der Waals surface area contributed by atoms with Crippen LogP contribution in [0.3, 0.4) is 0 Å². The van der Waals surface area contributed by atoms with Crippen LogP contribution in [0.4, 0.5) is 0 Å². The molecule has 7 heteroatoms. The highest BCUT2D eigenvalue weighted by molar-refractivity contribution is 7.10. The molecule has 3 heterocycles. The number of pyridine rings is 1. The van der Waals surface area contributed by atoms with Crippen LogP contribution in [0.1, 0.15) is 25.7 Å². The number of thiophene rings is 1. The highest BCUT2D eigenvalue weighted by Crippen LogP contribution is 2.19. The summed E-state index contributed by atoms with van der Waals surface area (Å²) in [5.74, 6) is -1.07. The summed E-state index contributed by atoms with van der Waals surface area (Å²) in [6.07, 6.45) is 4.62. The maximum absolute atomic E-state index is 12.1. The molecule has 1 aliphatic rings. The van der Waals surface area contributed by atoms with Crippen LogP contribution in [0.5, 0.6) is 0 Å². The van der Waals surface area contributed by atoms with Gasteiger partial charge in [-0.25, -0.2) is 0 Å². The van der Waals surface area contributed by atoms with Gasteiger partial charge >= 0.3 is 0 Å². The third-order valence-electron chi connectivity index (χ3n) is 3.31. The summed E-state index contributed by atoms with van der Waals surface area (Å²) in [5.41, 5.74) is 0.475. The molecule has 116 valence electrons. The SMILES string of the molecule is O=C(C=Cc1cccs1)NCCN1C(=O)c2cccnc2C1=O. The number of hydrogen-bond acceptors (Lipinski definition) is 5. The van der Waals surface area contributed by atoms with Crippen LogP contribution in [-0.4, -0.2) is 40.7 Å². The van der Waals surface area contributed by atoms with E-state index in [2.05, 4.69) is 10.3 Å². The lowest BCUT2D eigenvalue weighted by atomic mass is 10.2. The van der Waals surface area contributed by atoms with Crippen molar-refractivity contribution in [3.63, 3.8) is 0 Å². The Kier molecular flexibility index (Phi) is 4.29. The van der Waals surface area contributed by atoms with Crippen molar-refractivity contribution in [2.45, 2.75) is 0 Å². The average molecular weight is 327 g/mol. The van der Waals surface area contributed by atoms with Gasteiger partial charge in [0, 0.05) is 30.2 Å². The standard InChI is InChI=1S/C16H13N3O3S/c20-13(6-5-11-3-2-10-23-11)17-8-9-19-15(21)12-4-1-7-18-14(12)16(19)22/h1-7,10H,8-9H2,(H,17,20). The molecule has 2 aromatic heterocycles. The van der Waals surface area contributed by atoms with Crippen LogP contribution in [0, 0.1) is 0 Å².